The van der Waals surface area contributed by atoms with Crippen LogP contribution in [0.3, 0.4) is 0 Å². The minimum atomic E-state index is -0.553. The fourth-order valence-corrected chi connectivity index (χ4v) is 1.80. The van der Waals surface area contributed by atoms with Crippen molar-refractivity contribution in [3.63, 3.8) is 0 Å². The van der Waals surface area contributed by atoms with Gasteiger partial charge >= 0.3 is 5.97 Å². The maximum Gasteiger partial charge on any atom is 0.348 e. The maximum absolute atomic E-state index is 11.3. The van der Waals surface area contributed by atoms with Crippen LogP contribution >= 0.6 is 0 Å². The number of carbonyl (C=O) groups is 1. The molecule has 1 aliphatic rings. The predicted molar refractivity (Wildman–Crippen MR) is 57.0 cm³/mol. The normalized spacial score (nSPS) is 18.3. The molecule has 1 aliphatic carbocycles. The highest BCUT2D eigenvalue weighted by atomic mass is 16.5. The van der Waals surface area contributed by atoms with Crippen molar-refractivity contribution in [3.8, 4) is 6.07 Å². The van der Waals surface area contributed by atoms with Crippen LogP contribution < -0.4 is 0 Å². The molecule has 0 aliphatic heterocycles. The van der Waals surface area contributed by atoms with Gasteiger partial charge in [0.25, 0.3) is 0 Å². The van der Waals surface area contributed by atoms with Crippen LogP contribution in [0.25, 0.3) is 0 Å². The van der Waals surface area contributed by atoms with Gasteiger partial charge in [-0.3, -0.25) is 0 Å². The topological polar surface area (TPSA) is 50.1 Å². The van der Waals surface area contributed by atoms with Crippen LogP contribution in [0.15, 0.2) is 12.2 Å². The molecular formula is C12H17NO2. The summed E-state index contributed by atoms with van der Waals surface area (Å²) in [7, 11) is 0. The van der Waals surface area contributed by atoms with E-state index >= 15 is 0 Å². The molecule has 0 aromatic carbocycles. The summed E-state index contributed by atoms with van der Waals surface area (Å²) in [6.45, 7) is 3.34. The summed E-state index contributed by atoms with van der Waals surface area (Å²) >= 11 is 0. The quantitative estimate of drug-likeness (QED) is 0.397. The van der Waals surface area contributed by atoms with Gasteiger partial charge in [0.1, 0.15) is 17.7 Å². The average molecular weight is 207 g/mol. The van der Waals surface area contributed by atoms with Crippen LogP contribution in [0.2, 0.25) is 0 Å². The summed E-state index contributed by atoms with van der Waals surface area (Å²) in [4.78, 5) is 11.3. The van der Waals surface area contributed by atoms with E-state index < -0.39 is 5.97 Å². The Morgan fingerprint density at radius 1 is 1.20 bits per heavy atom. The van der Waals surface area contributed by atoms with Gasteiger partial charge in [0.2, 0.25) is 0 Å². The monoisotopic (exact) mass is 207 g/mol. The molecule has 15 heavy (non-hydrogen) atoms. The first kappa shape index (κ1) is 11.8. The first-order valence-electron chi connectivity index (χ1n) is 5.54. The molecule has 0 atom stereocenters. The van der Waals surface area contributed by atoms with E-state index in [1.165, 1.54) is 19.3 Å². The zero-order valence-corrected chi connectivity index (χ0v) is 9.00. The van der Waals surface area contributed by atoms with E-state index in [0.29, 0.717) is 0 Å². The molecule has 0 amide bonds. The van der Waals surface area contributed by atoms with Crippen LogP contribution in [-0.2, 0) is 9.53 Å². The third-order valence-corrected chi connectivity index (χ3v) is 2.71. The van der Waals surface area contributed by atoms with Gasteiger partial charge in [-0.05, 0) is 25.7 Å². The smallest absolute Gasteiger partial charge is 0.348 e. The van der Waals surface area contributed by atoms with Crippen LogP contribution in [0.1, 0.15) is 44.9 Å². The molecule has 0 unspecified atom stereocenters. The molecule has 3 nitrogen and oxygen atoms in total. The van der Waals surface area contributed by atoms with Crippen molar-refractivity contribution >= 4 is 5.97 Å². The van der Waals surface area contributed by atoms with E-state index in [1.54, 1.807) is 6.07 Å². The summed E-state index contributed by atoms with van der Waals surface area (Å²) in [6.07, 6.45) is 7.76. The molecule has 3 heteroatoms. The number of ether oxygens (including phenoxy) is 1. The van der Waals surface area contributed by atoms with E-state index in [2.05, 4.69) is 6.58 Å². The number of nitrogens with zero attached hydrogens (tertiary/aromatic N) is 1. The van der Waals surface area contributed by atoms with Gasteiger partial charge in [-0.25, -0.2) is 4.79 Å². The molecule has 1 fully saturated rings. The number of hydrogen-bond acceptors (Lipinski definition) is 3. The molecule has 0 heterocycles. The Hall–Kier alpha value is -1.30. The lowest BCUT2D eigenvalue weighted by atomic mass is 9.98. The Kier molecular flexibility index (Phi) is 4.89. The van der Waals surface area contributed by atoms with Crippen LogP contribution in [-0.4, -0.2) is 12.1 Å². The summed E-state index contributed by atoms with van der Waals surface area (Å²) in [5.41, 5.74) is -0.0999. The van der Waals surface area contributed by atoms with Crippen molar-refractivity contribution in [2.75, 3.05) is 0 Å². The molecule has 1 rings (SSSR count). The minimum absolute atomic E-state index is 0.0112. The molecule has 0 aromatic rings. The first-order valence-corrected chi connectivity index (χ1v) is 5.54. The van der Waals surface area contributed by atoms with Crippen LogP contribution in [0.4, 0.5) is 0 Å². The van der Waals surface area contributed by atoms with Gasteiger partial charge in [-0.15, -0.1) is 0 Å². The highest BCUT2D eigenvalue weighted by molar-refractivity contribution is 5.92. The molecular weight excluding hydrogens is 190 g/mol. The number of carbonyl (C=O) groups excluding carboxylic acids is 1. The van der Waals surface area contributed by atoms with E-state index in [0.717, 1.165) is 25.7 Å². The molecule has 0 aromatic heterocycles. The zero-order chi connectivity index (χ0) is 11.1. The molecule has 82 valence electrons. The van der Waals surface area contributed by atoms with E-state index in [9.17, 15) is 4.79 Å². The van der Waals surface area contributed by atoms with Gasteiger partial charge in [0.05, 0.1) is 0 Å². The SMILES string of the molecule is C=C(C#N)C(=O)OC1CCCCCCC1. The summed E-state index contributed by atoms with van der Waals surface area (Å²) in [5.74, 6) is -0.553. The fourth-order valence-electron chi connectivity index (χ4n) is 1.80. The first-order chi connectivity index (χ1) is 7.24. The number of rotatable bonds is 2. The predicted octanol–water partition coefficient (Wildman–Crippen LogP) is 2.72. The lowest BCUT2D eigenvalue weighted by Gasteiger charge is -2.19. The largest absolute Gasteiger partial charge is 0.458 e. The second-order valence-electron chi connectivity index (χ2n) is 3.96. The minimum Gasteiger partial charge on any atom is -0.458 e. The van der Waals surface area contributed by atoms with E-state index in [-0.39, 0.29) is 11.7 Å². The fraction of sp³-hybridized carbons (Fsp3) is 0.667. The molecule has 0 N–H and O–H groups in total. The van der Waals surface area contributed by atoms with Gasteiger partial charge in [0.15, 0.2) is 0 Å². The number of esters is 1. The zero-order valence-electron chi connectivity index (χ0n) is 9.00. The van der Waals surface area contributed by atoms with Crippen molar-refractivity contribution < 1.29 is 9.53 Å². The lowest BCUT2D eigenvalue weighted by molar-refractivity contribution is -0.144. The lowest BCUT2D eigenvalue weighted by Crippen LogP contribution is -2.19. The van der Waals surface area contributed by atoms with Crippen LogP contribution in [0.5, 0.6) is 0 Å². The number of nitriles is 1. The third-order valence-electron chi connectivity index (χ3n) is 2.71. The Balaban J connectivity index is 2.38. The Morgan fingerprint density at radius 3 is 2.27 bits per heavy atom. The Labute approximate surface area is 90.7 Å². The molecule has 1 saturated carbocycles. The second kappa shape index (κ2) is 6.23. The van der Waals surface area contributed by atoms with Crippen molar-refractivity contribution in [2.45, 2.75) is 51.0 Å². The van der Waals surface area contributed by atoms with Gasteiger partial charge in [0, 0.05) is 0 Å². The molecule has 0 spiro atoms. The maximum atomic E-state index is 11.3. The second-order valence-corrected chi connectivity index (χ2v) is 3.96. The third kappa shape index (κ3) is 4.16. The van der Waals surface area contributed by atoms with Gasteiger partial charge in [-0.1, -0.05) is 25.8 Å². The van der Waals surface area contributed by atoms with Crippen molar-refractivity contribution in [3.05, 3.63) is 12.2 Å². The summed E-state index contributed by atoms with van der Waals surface area (Å²) in [6, 6.07) is 1.71. The highest BCUT2D eigenvalue weighted by Gasteiger charge is 2.17. The average Bonchev–Trinajstić information content (AvgIpc) is 2.20. The van der Waals surface area contributed by atoms with E-state index in [1.807, 2.05) is 0 Å². The molecule has 0 radical (unpaired) electrons. The standard InChI is InChI=1S/C12H17NO2/c1-10(9-13)12(14)15-11-7-5-3-2-4-6-8-11/h11H,1-8H2. The summed E-state index contributed by atoms with van der Waals surface area (Å²) in [5, 5.41) is 8.48. The van der Waals surface area contributed by atoms with Gasteiger partial charge < -0.3 is 4.74 Å². The van der Waals surface area contributed by atoms with Crippen molar-refractivity contribution in [2.24, 2.45) is 0 Å². The highest BCUT2D eigenvalue weighted by Crippen LogP contribution is 2.20. The van der Waals surface area contributed by atoms with E-state index in [4.69, 9.17) is 10.00 Å². The van der Waals surface area contributed by atoms with Crippen molar-refractivity contribution in [1.29, 1.82) is 5.26 Å². The number of hydrogen-bond donors (Lipinski definition) is 0. The molecule has 0 bridgehead atoms. The van der Waals surface area contributed by atoms with Crippen molar-refractivity contribution in [1.82, 2.24) is 0 Å². The summed E-state index contributed by atoms with van der Waals surface area (Å²) < 4.78 is 5.22. The Morgan fingerprint density at radius 2 is 1.73 bits per heavy atom. The Bertz CT molecular complexity index is 270. The van der Waals surface area contributed by atoms with Crippen LogP contribution in [0, 0.1) is 11.3 Å². The van der Waals surface area contributed by atoms with Gasteiger partial charge in [-0.2, -0.15) is 5.26 Å². The molecule has 0 saturated heterocycles.